The molecule has 0 spiro atoms. The number of amides is 2. The highest BCUT2D eigenvalue weighted by Crippen LogP contribution is 2.52. The summed E-state index contributed by atoms with van der Waals surface area (Å²) in [7, 11) is 0. The van der Waals surface area contributed by atoms with Gasteiger partial charge >= 0.3 is 6.09 Å². The predicted molar refractivity (Wildman–Crippen MR) is 104 cm³/mol. The van der Waals surface area contributed by atoms with Crippen LogP contribution in [0.15, 0.2) is 42.6 Å². The van der Waals surface area contributed by atoms with Crippen LogP contribution in [0.1, 0.15) is 44.9 Å². The summed E-state index contributed by atoms with van der Waals surface area (Å²) in [6.45, 7) is 7.07. The highest BCUT2D eigenvalue weighted by molar-refractivity contribution is 6.30. The fourth-order valence-electron chi connectivity index (χ4n) is 3.28. The first kappa shape index (κ1) is 19.6. The van der Waals surface area contributed by atoms with Gasteiger partial charge in [-0.3, -0.25) is 4.79 Å². The summed E-state index contributed by atoms with van der Waals surface area (Å²) in [5.74, 6) is -0.334. The van der Waals surface area contributed by atoms with Gasteiger partial charge in [-0.2, -0.15) is 0 Å². The number of imide groups is 1. The summed E-state index contributed by atoms with van der Waals surface area (Å²) in [5, 5.41) is 0.907. The lowest BCUT2D eigenvalue weighted by Gasteiger charge is -2.53. The number of hydrogen-bond donors (Lipinski definition) is 0. The molecule has 0 N–H and O–H groups in total. The molecule has 2 aromatic rings. The number of benzene rings is 1. The molecule has 0 bridgehead atoms. The third kappa shape index (κ3) is 3.54. The minimum Gasteiger partial charge on any atom is -0.443 e. The van der Waals surface area contributed by atoms with Gasteiger partial charge in [-0.05, 0) is 57.0 Å². The third-order valence-corrected chi connectivity index (χ3v) is 5.04. The van der Waals surface area contributed by atoms with Crippen LogP contribution in [-0.2, 0) is 14.9 Å². The van der Waals surface area contributed by atoms with Crippen LogP contribution in [0.5, 0.6) is 0 Å². The van der Waals surface area contributed by atoms with Crippen molar-refractivity contribution in [2.45, 2.75) is 44.8 Å². The average molecular weight is 407 g/mol. The summed E-state index contributed by atoms with van der Waals surface area (Å²) in [6.07, 6.45) is 0.893. The second-order valence-electron chi connectivity index (χ2n) is 7.68. The molecule has 1 aromatic heterocycles. The number of likely N-dealkylation sites (tertiary alicyclic amines) is 1. The molecule has 7 heteroatoms. The van der Waals surface area contributed by atoms with Crippen LogP contribution < -0.4 is 0 Å². The van der Waals surface area contributed by atoms with E-state index in [4.69, 9.17) is 27.9 Å². The number of carbonyl (C=O) groups excluding carboxylic acids is 2. The van der Waals surface area contributed by atoms with Gasteiger partial charge in [0.15, 0.2) is 0 Å². The molecular formula is C20H20Cl2N2O3. The zero-order valence-electron chi connectivity index (χ0n) is 15.5. The van der Waals surface area contributed by atoms with Gasteiger partial charge < -0.3 is 4.74 Å². The molecule has 0 radical (unpaired) electrons. The third-order valence-electron chi connectivity index (χ3n) is 4.57. The maximum absolute atomic E-state index is 13.1. The van der Waals surface area contributed by atoms with E-state index in [1.165, 1.54) is 0 Å². The van der Waals surface area contributed by atoms with Crippen molar-refractivity contribution in [1.82, 2.24) is 9.88 Å². The van der Waals surface area contributed by atoms with E-state index in [1.807, 2.05) is 0 Å². The maximum Gasteiger partial charge on any atom is 0.417 e. The monoisotopic (exact) mass is 406 g/mol. The van der Waals surface area contributed by atoms with Crippen molar-refractivity contribution in [3.05, 3.63) is 63.9 Å². The Kier molecular flexibility index (Phi) is 4.95. The second-order valence-corrected chi connectivity index (χ2v) is 8.51. The molecule has 2 amide bonds. The summed E-state index contributed by atoms with van der Waals surface area (Å²) in [6, 6.07) is 9.87. The first-order valence-electron chi connectivity index (χ1n) is 8.48. The van der Waals surface area contributed by atoms with E-state index in [0.29, 0.717) is 15.7 Å². The molecule has 142 valence electrons. The molecule has 1 aromatic carbocycles. The van der Waals surface area contributed by atoms with Crippen LogP contribution in [0.2, 0.25) is 10.2 Å². The lowest BCUT2D eigenvalue weighted by Crippen LogP contribution is -2.66. The Labute approximate surface area is 168 Å². The first-order valence-corrected chi connectivity index (χ1v) is 9.24. The number of halogens is 2. The highest BCUT2D eigenvalue weighted by atomic mass is 35.5. The summed E-state index contributed by atoms with van der Waals surface area (Å²) >= 11 is 11.9. The van der Waals surface area contributed by atoms with Gasteiger partial charge in [0.1, 0.15) is 10.8 Å². The zero-order chi connectivity index (χ0) is 20.0. The van der Waals surface area contributed by atoms with Gasteiger partial charge in [0, 0.05) is 11.2 Å². The molecule has 1 aliphatic rings. The van der Waals surface area contributed by atoms with E-state index in [9.17, 15) is 9.59 Å². The van der Waals surface area contributed by atoms with E-state index >= 15 is 0 Å². The van der Waals surface area contributed by atoms with Crippen molar-refractivity contribution in [1.29, 1.82) is 0 Å². The number of pyridine rings is 1. The molecule has 2 unspecified atom stereocenters. The molecule has 27 heavy (non-hydrogen) atoms. The fourth-order valence-corrected chi connectivity index (χ4v) is 3.52. The molecule has 0 aliphatic carbocycles. The van der Waals surface area contributed by atoms with Crippen LogP contribution in [0, 0.1) is 0 Å². The lowest BCUT2D eigenvalue weighted by molar-refractivity contribution is -0.157. The number of hydrogen-bond acceptors (Lipinski definition) is 4. The maximum atomic E-state index is 13.1. The standard InChI is InChI=1S/C20H20Cl2N2O3/c1-19(2,3)27-18(26)24-16(12-5-10-15(22)23-11-12)20(4,17(24)25)13-6-8-14(21)9-7-13/h5-11,16H,1-4H3. The predicted octanol–water partition coefficient (Wildman–Crippen LogP) is 5.16. The molecule has 2 atom stereocenters. The molecule has 1 saturated heterocycles. The Balaban J connectivity index is 2.05. The van der Waals surface area contributed by atoms with Crippen molar-refractivity contribution < 1.29 is 14.3 Å². The van der Waals surface area contributed by atoms with E-state index in [0.717, 1.165) is 10.5 Å². The normalized spacial score (nSPS) is 22.4. The van der Waals surface area contributed by atoms with Gasteiger partial charge in [-0.15, -0.1) is 0 Å². The number of aromatic nitrogens is 1. The number of carbonyl (C=O) groups is 2. The van der Waals surface area contributed by atoms with Crippen molar-refractivity contribution in [2.24, 2.45) is 0 Å². The van der Waals surface area contributed by atoms with Crippen molar-refractivity contribution in [2.75, 3.05) is 0 Å². The number of ether oxygens (including phenoxy) is 1. The molecule has 0 saturated carbocycles. The van der Waals surface area contributed by atoms with Gasteiger partial charge in [0.25, 0.3) is 0 Å². The Morgan fingerprint density at radius 1 is 1.15 bits per heavy atom. The van der Waals surface area contributed by atoms with Gasteiger partial charge in [-0.25, -0.2) is 14.7 Å². The van der Waals surface area contributed by atoms with Crippen LogP contribution >= 0.6 is 23.2 Å². The Bertz CT molecular complexity index is 876. The Hall–Kier alpha value is -2.11. The smallest absolute Gasteiger partial charge is 0.417 e. The summed E-state index contributed by atoms with van der Waals surface area (Å²) in [5.41, 5.74) is -0.206. The minimum atomic E-state index is -0.947. The summed E-state index contributed by atoms with van der Waals surface area (Å²) < 4.78 is 5.43. The quantitative estimate of drug-likeness (QED) is 0.510. The average Bonchev–Trinajstić information content (AvgIpc) is 2.58. The largest absolute Gasteiger partial charge is 0.443 e. The number of rotatable bonds is 2. The minimum absolute atomic E-state index is 0.334. The van der Waals surface area contributed by atoms with Crippen LogP contribution in [-0.4, -0.2) is 27.5 Å². The Morgan fingerprint density at radius 2 is 1.78 bits per heavy atom. The molecule has 5 nitrogen and oxygen atoms in total. The highest BCUT2D eigenvalue weighted by Gasteiger charge is 2.62. The van der Waals surface area contributed by atoms with E-state index in [-0.39, 0.29) is 5.91 Å². The fraction of sp³-hybridized carbons (Fsp3) is 0.350. The van der Waals surface area contributed by atoms with Crippen LogP contribution in [0.3, 0.4) is 0 Å². The molecule has 1 aliphatic heterocycles. The molecule has 3 rings (SSSR count). The second kappa shape index (κ2) is 6.80. The summed E-state index contributed by atoms with van der Waals surface area (Å²) in [4.78, 5) is 31.0. The molecule has 1 fully saturated rings. The van der Waals surface area contributed by atoms with E-state index < -0.39 is 23.2 Å². The van der Waals surface area contributed by atoms with Crippen LogP contribution in [0.25, 0.3) is 0 Å². The molecular weight excluding hydrogens is 387 g/mol. The molecule has 2 heterocycles. The first-order chi connectivity index (χ1) is 12.5. The number of nitrogens with zero attached hydrogens (tertiary/aromatic N) is 2. The van der Waals surface area contributed by atoms with Crippen molar-refractivity contribution in [3.8, 4) is 0 Å². The SMILES string of the molecule is CC(C)(C)OC(=O)N1C(=O)C(C)(c2ccc(Cl)cc2)C1c1ccc(Cl)nc1. The zero-order valence-corrected chi connectivity index (χ0v) is 17.0. The van der Waals surface area contributed by atoms with Crippen molar-refractivity contribution >= 4 is 35.2 Å². The topological polar surface area (TPSA) is 59.5 Å². The van der Waals surface area contributed by atoms with E-state index in [2.05, 4.69) is 4.98 Å². The van der Waals surface area contributed by atoms with Gasteiger partial charge in [-0.1, -0.05) is 41.4 Å². The number of β-lactam (4-membered cyclic amide) rings is 1. The van der Waals surface area contributed by atoms with Crippen molar-refractivity contribution in [3.63, 3.8) is 0 Å². The Morgan fingerprint density at radius 3 is 2.30 bits per heavy atom. The van der Waals surface area contributed by atoms with E-state index in [1.54, 1.807) is 70.3 Å². The van der Waals surface area contributed by atoms with Crippen LogP contribution in [0.4, 0.5) is 4.79 Å². The van der Waals surface area contributed by atoms with Gasteiger partial charge in [0.05, 0.1) is 11.5 Å². The lowest BCUT2D eigenvalue weighted by atomic mass is 9.65. The van der Waals surface area contributed by atoms with Gasteiger partial charge in [0.2, 0.25) is 5.91 Å².